The second kappa shape index (κ2) is 25.4. The van der Waals surface area contributed by atoms with Crippen molar-refractivity contribution in [2.45, 2.75) is 103 Å². The molecule has 1 saturated heterocycles. The summed E-state index contributed by atoms with van der Waals surface area (Å²) in [6.07, 6.45) is 3.44. The maximum Gasteiger partial charge on any atom is 0.253 e. The van der Waals surface area contributed by atoms with Gasteiger partial charge in [0.25, 0.3) is 11.8 Å². The SMILES string of the molecule is CC[C@H](C)[C@@H]([C@@H](CC(=O)N1CCC[C@H]1[C@H](OC)[C@@H](C)C(=O)N[C@@H](Cc1ccccc1)C(=O)NCCOCCN1C(=O)C=CC1=O)OC)N(C)C(=O)C(N=C(N(C)C)N(C)C)C(C)C. The number of amides is 6. The fraction of sp³-hybridized carbons (Fsp3) is 0.674. The number of likely N-dealkylation sites (tertiary alicyclic amines) is 1. The Labute approximate surface area is 374 Å². The molecule has 1 aromatic carbocycles. The van der Waals surface area contributed by atoms with Crippen molar-refractivity contribution in [3.8, 4) is 0 Å². The van der Waals surface area contributed by atoms with Crippen molar-refractivity contribution in [3.05, 3.63) is 48.0 Å². The maximum absolute atomic E-state index is 14.4. The molecule has 352 valence electrons. The van der Waals surface area contributed by atoms with Gasteiger partial charge in [0.2, 0.25) is 23.6 Å². The lowest BCUT2D eigenvalue weighted by atomic mass is 9.89. The minimum Gasteiger partial charge on any atom is -0.379 e. The summed E-state index contributed by atoms with van der Waals surface area (Å²) in [4.78, 5) is 93.1. The number of likely N-dealkylation sites (N-methyl/N-ethyl adjacent to an activating group) is 1. The molecule has 1 unspecified atom stereocenters. The molecule has 0 saturated carbocycles. The van der Waals surface area contributed by atoms with Crippen LogP contribution in [0.1, 0.15) is 65.9 Å². The van der Waals surface area contributed by atoms with Gasteiger partial charge in [-0.1, -0.05) is 71.4 Å². The minimum atomic E-state index is -0.926. The number of nitrogens with one attached hydrogen (secondary N) is 2. The average molecular weight is 883 g/mol. The number of ether oxygens (including phenoxy) is 3. The molecule has 8 atom stereocenters. The van der Waals surface area contributed by atoms with Crippen LogP contribution in [0.25, 0.3) is 0 Å². The van der Waals surface area contributed by atoms with Gasteiger partial charge in [-0.2, -0.15) is 0 Å². The van der Waals surface area contributed by atoms with E-state index in [0.717, 1.165) is 16.9 Å². The second-order valence-corrected chi connectivity index (χ2v) is 17.3. The van der Waals surface area contributed by atoms with Crippen LogP contribution in [-0.2, 0) is 49.4 Å². The molecular formula is C46H74N8O9. The highest BCUT2D eigenvalue weighted by Gasteiger charge is 2.43. The Kier molecular flexibility index (Phi) is 21.2. The number of aliphatic imine (C=N–C) groups is 1. The number of rotatable bonds is 24. The number of hydrogen-bond acceptors (Lipinski definition) is 10. The Balaban J connectivity index is 1.73. The minimum absolute atomic E-state index is 0.00882. The van der Waals surface area contributed by atoms with Crippen molar-refractivity contribution >= 4 is 41.4 Å². The van der Waals surface area contributed by atoms with Gasteiger partial charge >= 0.3 is 0 Å². The first-order chi connectivity index (χ1) is 29.9. The quantitative estimate of drug-likeness (QED) is 0.0673. The van der Waals surface area contributed by atoms with Crippen LogP contribution >= 0.6 is 0 Å². The monoisotopic (exact) mass is 883 g/mol. The van der Waals surface area contributed by atoms with Crippen molar-refractivity contribution in [1.82, 2.24) is 35.1 Å². The molecule has 6 amide bonds. The lowest BCUT2D eigenvalue weighted by Crippen LogP contribution is -2.55. The van der Waals surface area contributed by atoms with Crippen LogP contribution in [0.15, 0.2) is 47.5 Å². The number of benzene rings is 1. The zero-order chi connectivity index (χ0) is 47.0. The van der Waals surface area contributed by atoms with Gasteiger partial charge in [-0.15, -0.1) is 0 Å². The van der Waals surface area contributed by atoms with Crippen molar-refractivity contribution in [2.24, 2.45) is 22.7 Å². The Morgan fingerprint density at radius 1 is 0.889 bits per heavy atom. The molecule has 3 rings (SSSR count). The normalized spacial score (nSPS) is 18.3. The number of nitrogens with zero attached hydrogens (tertiary/aromatic N) is 6. The zero-order valence-electron chi connectivity index (χ0n) is 39.7. The summed E-state index contributed by atoms with van der Waals surface area (Å²) in [5, 5.41) is 5.78. The van der Waals surface area contributed by atoms with E-state index in [1.165, 1.54) is 19.3 Å². The molecule has 0 aromatic heterocycles. The first-order valence-electron chi connectivity index (χ1n) is 22.2. The topological polar surface area (TPSA) is 183 Å². The van der Waals surface area contributed by atoms with Gasteiger partial charge in [0.1, 0.15) is 12.1 Å². The molecule has 17 heteroatoms. The van der Waals surface area contributed by atoms with Gasteiger partial charge in [0.05, 0.1) is 56.4 Å². The van der Waals surface area contributed by atoms with Crippen LogP contribution < -0.4 is 10.6 Å². The first kappa shape index (κ1) is 52.5. The predicted octanol–water partition coefficient (Wildman–Crippen LogP) is 2.20. The summed E-state index contributed by atoms with van der Waals surface area (Å²) >= 11 is 0. The molecule has 2 N–H and O–H groups in total. The van der Waals surface area contributed by atoms with Crippen molar-refractivity contribution in [2.75, 3.05) is 82.3 Å². The van der Waals surface area contributed by atoms with Gasteiger partial charge in [-0.3, -0.25) is 33.7 Å². The fourth-order valence-electron chi connectivity index (χ4n) is 8.40. The molecular weight excluding hydrogens is 809 g/mol. The van der Waals surface area contributed by atoms with E-state index in [-0.39, 0.29) is 62.8 Å². The van der Waals surface area contributed by atoms with Gasteiger partial charge < -0.3 is 44.4 Å². The van der Waals surface area contributed by atoms with Gasteiger partial charge in [-0.25, -0.2) is 4.99 Å². The van der Waals surface area contributed by atoms with Crippen LogP contribution in [0.4, 0.5) is 0 Å². The summed E-state index contributed by atoms with van der Waals surface area (Å²) in [7, 11) is 12.4. The van der Waals surface area contributed by atoms with E-state index in [1.54, 1.807) is 30.9 Å². The van der Waals surface area contributed by atoms with E-state index in [2.05, 4.69) is 24.5 Å². The van der Waals surface area contributed by atoms with E-state index in [1.807, 2.05) is 82.2 Å². The summed E-state index contributed by atoms with van der Waals surface area (Å²) in [6.45, 7) is 10.8. The molecule has 63 heavy (non-hydrogen) atoms. The van der Waals surface area contributed by atoms with Crippen LogP contribution in [-0.4, -0.2) is 185 Å². The Morgan fingerprint density at radius 3 is 2.08 bits per heavy atom. The molecule has 1 aromatic rings. The Morgan fingerprint density at radius 2 is 1.52 bits per heavy atom. The molecule has 1 fully saturated rings. The standard InChI is InChI=1S/C46H74N8O9/c1-13-31(4)41(52(10)45(60)40(30(2)3)49-46(50(6)7)51(8)9)36(61-11)29-39(57)53-24-17-20-35(53)42(62-12)32(5)43(58)48-34(28-33-18-15-14-16-19-33)44(59)47-23-26-63-27-25-54-37(55)21-22-38(54)56/h14-16,18-19,21-22,30-32,34-36,40-42H,13,17,20,23-29H2,1-12H3,(H,47,59)(H,48,58)/t31-,32+,34-,35-,36+,40?,41-,42+/m0/s1. The number of hydrogen-bond donors (Lipinski definition) is 2. The van der Waals surface area contributed by atoms with E-state index in [0.29, 0.717) is 25.3 Å². The smallest absolute Gasteiger partial charge is 0.253 e. The maximum atomic E-state index is 14.4. The summed E-state index contributed by atoms with van der Waals surface area (Å²) in [6, 6.07) is 6.92. The highest BCUT2D eigenvalue weighted by Crippen LogP contribution is 2.30. The number of carbonyl (C=O) groups excluding carboxylic acids is 6. The lowest BCUT2D eigenvalue weighted by Gasteiger charge is -2.40. The highest BCUT2D eigenvalue weighted by atomic mass is 16.5. The van der Waals surface area contributed by atoms with Crippen molar-refractivity contribution in [1.29, 1.82) is 0 Å². The molecule has 0 spiro atoms. The highest BCUT2D eigenvalue weighted by molar-refractivity contribution is 6.12. The van der Waals surface area contributed by atoms with Gasteiger partial charge in [-0.05, 0) is 30.2 Å². The van der Waals surface area contributed by atoms with Crippen LogP contribution in [0.3, 0.4) is 0 Å². The van der Waals surface area contributed by atoms with E-state index in [4.69, 9.17) is 19.2 Å². The Hall–Kier alpha value is -4.87. The molecule has 0 bridgehead atoms. The van der Waals surface area contributed by atoms with Crippen LogP contribution in [0, 0.1) is 17.8 Å². The van der Waals surface area contributed by atoms with Crippen molar-refractivity contribution < 1.29 is 43.0 Å². The number of carbonyl (C=O) groups is 6. The van der Waals surface area contributed by atoms with Gasteiger partial charge in [0.15, 0.2) is 5.96 Å². The average Bonchev–Trinajstić information content (AvgIpc) is 3.86. The summed E-state index contributed by atoms with van der Waals surface area (Å²) in [5.74, 6) is -2.07. The van der Waals surface area contributed by atoms with Crippen LogP contribution in [0.2, 0.25) is 0 Å². The van der Waals surface area contributed by atoms with Crippen molar-refractivity contribution in [3.63, 3.8) is 0 Å². The molecule has 17 nitrogen and oxygen atoms in total. The zero-order valence-corrected chi connectivity index (χ0v) is 39.7. The third-order valence-corrected chi connectivity index (χ3v) is 12.0. The van der Waals surface area contributed by atoms with E-state index >= 15 is 0 Å². The lowest BCUT2D eigenvalue weighted by molar-refractivity contribution is -0.146. The predicted molar refractivity (Wildman–Crippen MR) is 241 cm³/mol. The Bertz CT molecular complexity index is 1710. The van der Waals surface area contributed by atoms with Crippen LogP contribution in [0.5, 0.6) is 0 Å². The molecule has 0 aliphatic carbocycles. The largest absolute Gasteiger partial charge is 0.379 e. The number of methoxy groups -OCH3 is 2. The molecule has 2 aliphatic heterocycles. The third-order valence-electron chi connectivity index (χ3n) is 12.0. The van der Waals surface area contributed by atoms with E-state index in [9.17, 15) is 28.8 Å². The summed E-state index contributed by atoms with van der Waals surface area (Å²) < 4.78 is 17.6. The fourth-order valence-corrected chi connectivity index (χ4v) is 8.40. The molecule has 2 aliphatic rings. The third kappa shape index (κ3) is 14.6. The molecule has 2 heterocycles. The second-order valence-electron chi connectivity index (χ2n) is 17.3. The first-order valence-corrected chi connectivity index (χ1v) is 22.2. The number of guanidine groups is 1. The van der Waals surface area contributed by atoms with E-state index < -0.39 is 65.9 Å². The number of imide groups is 1. The molecule has 0 radical (unpaired) electrons. The summed E-state index contributed by atoms with van der Waals surface area (Å²) in [5.41, 5.74) is 0.848. The van der Waals surface area contributed by atoms with Gasteiger partial charge in [0, 0.05) is 81.1 Å².